The number of hydrogen-bond donors (Lipinski definition) is 1. The van der Waals surface area contributed by atoms with Crippen molar-refractivity contribution in [3.63, 3.8) is 0 Å². The Balaban J connectivity index is 2.85. The van der Waals surface area contributed by atoms with Crippen molar-refractivity contribution in [1.82, 2.24) is 0 Å². The van der Waals surface area contributed by atoms with Crippen LogP contribution in [0.5, 0.6) is 0 Å². The Hall–Kier alpha value is -1.05. The summed E-state index contributed by atoms with van der Waals surface area (Å²) in [6.07, 6.45) is 0. The van der Waals surface area contributed by atoms with E-state index in [1.165, 1.54) is 0 Å². The molecule has 80 valence electrons. The van der Waals surface area contributed by atoms with Gasteiger partial charge in [-0.3, -0.25) is 0 Å². The Bertz CT molecular complexity index is 375. The summed E-state index contributed by atoms with van der Waals surface area (Å²) in [5.41, 5.74) is 0.178. The van der Waals surface area contributed by atoms with E-state index in [4.69, 9.17) is 10.00 Å². The third-order valence-corrected chi connectivity index (χ3v) is 2.66. The molecule has 0 bridgehead atoms. The topological polar surface area (TPSA) is 45.0 Å². The fraction of sp³-hybridized carbons (Fsp3) is 0.364. The van der Waals surface area contributed by atoms with E-state index in [9.17, 15) is 0 Å². The van der Waals surface area contributed by atoms with E-state index in [2.05, 4.69) is 27.3 Å². The van der Waals surface area contributed by atoms with Crippen molar-refractivity contribution in [2.75, 3.05) is 19.0 Å². The van der Waals surface area contributed by atoms with E-state index in [1.54, 1.807) is 14.0 Å². The van der Waals surface area contributed by atoms with Gasteiger partial charge in [-0.25, -0.2) is 0 Å². The summed E-state index contributed by atoms with van der Waals surface area (Å²) in [6.45, 7) is 2.14. The van der Waals surface area contributed by atoms with E-state index in [0.717, 1.165) is 10.2 Å². The summed E-state index contributed by atoms with van der Waals surface area (Å²) in [5, 5.41) is 12.2. The number of benzene rings is 1. The van der Waals surface area contributed by atoms with Gasteiger partial charge in [-0.05, 0) is 35.0 Å². The molecule has 1 unspecified atom stereocenters. The zero-order valence-corrected chi connectivity index (χ0v) is 10.3. The number of hydrogen-bond acceptors (Lipinski definition) is 3. The van der Waals surface area contributed by atoms with Crippen molar-refractivity contribution < 1.29 is 4.74 Å². The Morgan fingerprint density at radius 3 is 2.73 bits per heavy atom. The molecule has 0 aliphatic carbocycles. The van der Waals surface area contributed by atoms with Gasteiger partial charge in [0.1, 0.15) is 5.54 Å². The van der Waals surface area contributed by atoms with E-state index in [-0.39, 0.29) is 0 Å². The molecular formula is C11H13BrN2O. The molecule has 15 heavy (non-hydrogen) atoms. The minimum atomic E-state index is -0.710. The Labute approximate surface area is 98.2 Å². The molecular weight excluding hydrogens is 256 g/mol. The van der Waals surface area contributed by atoms with Crippen LogP contribution in [0.15, 0.2) is 28.7 Å². The van der Waals surface area contributed by atoms with Crippen molar-refractivity contribution >= 4 is 21.6 Å². The lowest BCUT2D eigenvalue weighted by atomic mass is 10.1. The molecule has 0 aliphatic rings. The van der Waals surface area contributed by atoms with E-state index >= 15 is 0 Å². The van der Waals surface area contributed by atoms with Gasteiger partial charge < -0.3 is 10.1 Å². The van der Waals surface area contributed by atoms with Gasteiger partial charge in [0.25, 0.3) is 0 Å². The number of ether oxygens (including phenoxy) is 1. The number of rotatable bonds is 4. The summed E-state index contributed by atoms with van der Waals surface area (Å²) in [4.78, 5) is 0. The van der Waals surface area contributed by atoms with Crippen molar-refractivity contribution in [3.05, 3.63) is 28.7 Å². The monoisotopic (exact) mass is 268 g/mol. The van der Waals surface area contributed by atoms with E-state index in [1.807, 2.05) is 24.3 Å². The van der Waals surface area contributed by atoms with Crippen molar-refractivity contribution in [2.24, 2.45) is 0 Å². The van der Waals surface area contributed by atoms with Gasteiger partial charge in [0.05, 0.1) is 12.7 Å². The zero-order chi connectivity index (χ0) is 11.3. The lowest BCUT2D eigenvalue weighted by molar-refractivity contribution is 0.171. The minimum Gasteiger partial charge on any atom is -0.381 e. The predicted octanol–water partition coefficient (Wildman–Crippen LogP) is 2.79. The fourth-order valence-electron chi connectivity index (χ4n) is 1.24. The van der Waals surface area contributed by atoms with Crippen LogP contribution in [0.25, 0.3) is 0 Å². The van der Waals surface area contributed by atoms with Gasteiger partial charge >= 0.3 is 0 Å². The van der Waals surface area contributed by atoms with E-state index < -0.39 is 5.54 Å². The third-order valence-electron chi connectivity index (χ3n) is 1.96. The van der Waals surface area contributed by atoms with Gasteiger partial charge in [-0.1, -0.05) is 12.1 Å². The molecule has 0 fully saturated rings. The molecule has 1 N–H and O–H groups in total. The highest BCUT2D eigenvalue weighted by molar-refractivity contribution is 9.10. The second-order valence-corrected chi connectivity index (χ2v) is 4.34. The average Bonchev–Trinajstić information content (AvgIpc) is 2.22. The highest BCUT2D eigenvalue weighted by atomic mass is 79.9. The number of nitrogens with one attached hydrogen (secondary N) is 1. The lowest BCUT2D eigenvalue weighted by Gasteiger charge is -2.24. The molecule has 0 aromatic heterocycles. The SMILES string of the molecule is COCC(C)(C#N)Nc1ccccc1Br. The largest absolute Gasteiger partial charge is 0.381 e. The average molecular weight is 269 g/mol. The molecule has 3 nitrogen and oxygen atoms in total. The van der Waals surface area contributed by atoms with Crippen molar-refractivity contribution in [1.29, 1.82) is 5.26 Å². The summed E-state index contributed by atoms with van der Waals surface area (Å²) >= 11 is 3.42. The van der Waals surface area contributed by atoms with Crippen LogP contribution in [0.3, 0.4) is 0 Å². The van der Waals surface area contributed by atoms with Crippen LogP contribution in [0.2, 0.25) is 0 Å². The fourth-order valence-corrected chi connectivity index (χ4v) is 1.63. The minimum absolute atomic E-state index is 0.338. The number of nitrogens with zero attached hydrogens (tertiary/aromatic N) is 1. The quantitative estimate of drug-likeness (QED) is 0.914. The first-order valence-corrected chi connectivity index (χ1v) is 5.33. The summed E-state index contributed by atoms with van der Waals surface area (Å²) in [6, 6.07) is 9.87. The Kier molecular flexibility index (Phi) is 4.13. The second-order valence-electron chi connectivity index (χ2n) is 3.48. The van der Waals surface area contributed by atoms with Crippen molar-refractivity contribution in [3.8, 4) is 6.07 Å². The number of anilines is 1. The standard InChI is InChI=1S/C11H13BrN2O/c1-11(7-13,8-15-2)14-10-6-4-3-5-9(10)12/h3-6,14H,8H2,1-2H3. The van der Waals surface area contributed by atoms with Gasteiger partial charge in [-0.2, -0.15) is 5.26 Å². The maximum absolute atomic E-state index is 9.06. The maximum atomic E-state index is 9.06. The predicted molar refractivity (Wildman–Crippen MR) is 63.7 cm³/mol. The van der Waals surface area contributed by atoms with Gasteiger partial charge in [0, 0.05) is 17.3 Å². The molecule has 0 aliphatic heterocycles. The normalized spacial score (nSPS) is 14.0. The maximum Gasteiger partial charge on any atom is 0.146 e. The molecule has 0 saturated carbocycles. The smallest absolute Gasteiger partial charge is 0.146 e. The molecule has 0 radical (unpaired) electrons. The van der Waals surface area contributed by atoms with Crippen LogP contribution < -0.4 is 5.32 Å². The Morgan fingerprint density at radius 1 is 1.53 bits per heavy atom. The van der Waals surface area contributed by atoms with E-state index in [0.29, 0.717) is 6.61 Å². The van der Waals surface area contributed by atoms with Gasteiger partial charge in [-0.15, -0.1) is 0 Å². The first kappa shape index (κ1) is 12.0. The molecule has 1 aromatic carbocycles. The molecule has 1 rings (SSSR count). The number of halogens is 1. The highest BCUT2D eigenvalue weighted by Crippen LogP contribution is 2.24. The Morgan fingerprint density at radius 2 is 2.20 bits per heavy atom. The molecule has 0 heterocycles. The van der Waals surface area contributed by atoms with Crippen LogP contribution >= 0.6 is 15.9 Å². The lowest BCUT2D eigenvalue weighted by Crippen LogP contribution is -2.37. The molecule has 1 atom stereocenters. The van der Waals surface area contributed by atoms with Crippen LogP contribution in [-0.2, 0) is 4.74 Å². The van der Waals surface area contributed by atoms with Gasteiger partial charge in [0.2, 0.25) is 0 Å². The van der Waals surface area contributed by atoms with Crippen LogP contribution in [0, 0.1) is 11.3 Å². The molecule has 1 aromatic rings. The molecule has 0 spiro atoms. The highest BCUT2D eigenvalue weighted by Gasteiger charge is 2.23. The summed E-state index contributed by atoms with van der Waals surface area (Å²) in [5.74, 6) is 0. The summed E-state index contributed by atoms with van der Waals surface area (Å²) in [7, 11) is 1.58. The number of methoxy groups -OCH3 is 1. The first-order chi connectivity index (χ1) is 7.11. The van der Waals surface area contributed by atoms with Crippen LogP contribution in [0.1, 0.15) is 6.92 Å². The van der Waals surface area contributed by atoms with Gasteiger partial charge in [0.15, 0.2) is 0 Å². The number of para-hydroxylation sites is 1. The van der Waals surface area contributed by atoms with Crippen molar-refractivity contribution in [2.45, 2.75) is 12.5 Å². The summed E-state index contributed by atoms with van der Waals surface area (Å²) < 4.78 is 5.94. The van der Waals surface area contributed by atoms with Crippen LogP contribution in [0.4, 0.5) is 5.69 Å². The molecule has 0 saturated heterocycles. The molecule has 0 amide bonds. The molecule has 4 heteroatoms. The second kappa shape index (κ2) is 5.15. The van der Waals surface area contributed by atoms with Crippen LogP contribution in [-0.4, -0.2) is 19.3 Å². The third kappa shape index (κ3) is 3.22. The first-order valence-electron chi connectivity index (χ1n) is 4.54. The zero-order valence-electron chi connectivity index (χ0n) is 8.75. The number of nitriles is 1.